The molecule has 5 heteroatoms. The van der Waals surface area contributed by atoms with Gasteiger partial charge in [-0.05, 0) is 26.0 Å². The second kappa shape index (κ2) is 5.85. The lowest BCUT2D eigenvalue weighted by molar-refractivity contribution is -0.137. The molecule has 0 aliphatic heterocycles. The quantitative estimate of drug-likeness (QED) is 0.836. The van der Waals surface area contributed by atoms with E-state index in [2.05, 4.69) is 4.98 Å². The van der Waals surface area contributed by atoms with Crippen LogP contribution in [0.4, 0.5) is 5.82 Å². The molecular formula is C12H15N3O2. The monoisotopic (exact) mass is 233 g/mol. The Kier molecular flexibility index (Phi) is 4.46. The molecule has 90 valence electrons. The minimum atomic E-state index is -0.840. The first-order chi connectivity index (χ1) is 8.08. The highest BCUT2D eigenvalue weighted by Gasteiger charge is 2.17. The number of carboxylic acid groups (broad SMARTS) is 1. The molecule has 5 nitrogen and oxygen atoms in total. The van der Waals surface area contributed by atoms with Crippen molar-refractivity contribution in [1.29, 1.82) is 5.26 Å². The number of pyridine rings is 1. The van der Waals surface area contributed by atoms with E-state index in [-0.39, 0.29) is 12.5 Å². The van der Waals surface area contributed by atoms with Gasteiger partial charge in [0.05, 0.1) is 18.1 Å². The third kappa shape index (κ3) is 3.45. The van der Waals surface area contributed by atoms with Crippen molar-refractivity contribution in [3.05, 3.63) is 23.9 Å². The number of nitriles is 1. The van der Waals surface area contributed by atoms with Crippen LogP contribution in [0.5, 0.6) is 0 Å². The van der Waals surface area contributed by atoms with Gasteiger partial charge in [-0.1, -0.05) is 0 Å². The van der Waals surface area contributed by atoms with Crippen LogP contribution in [-0.4, -0.2) is 28.6 Å². The van der Waals surface area contributed by atoms with E-state index in [0.29, 0.717) is 17.9 Å². The lowest BCUT2D eigenvalue weighted by Crippen LogP contribution is -2.35. The Labute approximate surface area is 100 Å². The number of aliphatic carboxylic acids is 1. The van der Waals surface area contributed by atoms with E-state index in [0.717, 1.165) is 0 Å². The van der Waals surface area contributed by atoms with Gasteiger partial charge in [0.2, 0.25) is 0 Å². The molecule has 0 aromatic carbocycles. The van der Waals surface area contributed by atoms with Gasteiger partial charge < -0.3 is 10.0 Å². The Bertz CT molecular complexity index is 440. The maximum atomic E-state index is 10.7. The van der Waals surface area contributed by atoms with Crippen molar-refractivity contribution in [2.45, 2.75) is 26.3 Å². The Morgan fingerprint density at radius 1 is 1.71 bits per heavy atom. The molecule has 17 heavy (non-hydrogen) atoms. The van der Waals surface area contributed by atoms with Crippen LogP contribution in [0.2, 0.25) is 0 Å². The molecule has 0 fully saturated rings. The van der Waals surface area contributed by atoms with Crippen LogP contribution >= 0.6 is 0 Å². The van der Waals surface area contributed by atoms with E-state index < -0.39 is 5.97 Å². The summed E-state index contributed by atoms with van der Waals surface area (Å²) in [6.45, 7) is 4.41. The Morgan fingerprint density at radius 2 is 2.41 bits per heavy atom. The van der Waals surface area contributed by atoms with Crippen molar-refractivity contribution < 1.29 is 9.90 Å². The molecule has 0 radical (unpaired) electrons. The summed E-state index contributed by atoms with van der Waals surface area (Å²) < 4.78 is 0. The van der Waals surface area contributed by atoms with E-state index in [1.54, 1.807) is 18.3 Å². The van der Waals surface area contributed by atoms with Crippen molar-refractivity contribution in [3.63, 3.8) is 0 Å². The fourth-order valence-corrected chi connectivity index (χ4v) is 1.71. The molecular weight excluding hydrogens is 218 g/mol. The molecule has 0 spiro atoms. The Hall–Kier alpha value is -2.09. The molecule has 0 bridgehead atoms. The predicted octanol–water partition coefficient (Wildman–Crippen LogP) is 1.64. The predicted molar refractivity (Wildman–Crippen MR) is 63.7 cm³/mol. The molecule has 0 saturated heterocycles. The van der Waals surface area contributed by atoms with Crippen LogP contribution in [0.25, 0.3) is 0 Å². The summed E-state index contributed by atoms with van der Waals surface area (Å²) in [6, 6.07) is 5.18. The van der Waals surface area contributed by atoms with Crippen LogP contribution in [0.3, 0.4) is 0 Å². The molecule has 1 heterocycles. The Balaban J connectivity index is 2.93. The van der Waals surface area contributed by atoms with Crippen molar-refractivity contribution in [3.8, 4) is 6.07 Å². The summed E-state index contributed by atoms with van der Waals surface area (Å²) in [5, 5.41) is 17.6. The molecule has 1 aromatic heterocycles. The van der Waals surface area contributed by atoms with Crippen LogP contribution in [0.1, 0.15) is 25.8 Å². The lowest BCUT2D eigenvalue weighted by Gasteiger charge is -2.28. The van der Waals surface area contributed by atoms with Crippen molar-refractivity contribution in [2.75, 3.05) is 11.4 Å². The summed E-state index contributed by atoms with van der Waals surface area (Å²) in [7, 11) is 0. The Morgan fingerprint density at radius 3 is 2.94 bits per heavy atom. The topological polar surface area (TPSA) is 77.2 Å². The first-order valence-corrected chi connectivity index (χ1v) is 5.43. The number of hydrogen-bond acceptors (Lipinski definition) is 4. The number of nitrogens with zero attached hydrogens (tertiary/aromatic N) is 3. The van der Waals surface area contributed by atoms with Gasteiger partial charge in [0.25, 0.3) is 0 Å². The minimum absolute atomic E-state index is 0.0479. The number of anilines is 1. The van der Waals surface area contributed by atoms with E-state index in [1.165, 1.54) is 0 Å². The molecule has 1 N–H and O–H groups in total. The van der Waals surface area contributed by atoms with Crippen LogP contribution in [-0.2, 0) is 4.79 Å². The SMILES string of the molecule is CCN(c1cc(C#N)ccn1)C(C)CC(=O)O. The highest BCUT2D eigenvalue weighted by molar-refractivity contribution is 5.68. The average molecular weight is 233 g/mol. The van der Waals surface area contributed by atoms with Gasteiger partial charge in [0, 0.05) is 18.8 Å². The molecule has 0 saturated carbocycles. The molecule has 1 aromatic rings. The van der Waals surface area contributed by atoms with Gasteiger partial charge in [0.1, 0.15) is 5.82 Å². The molecule has 0 aliphatic carbocycles. The standard InChI is InChI=1S/C12H15N3O2/c1-3-15(9(2)6-12(16)17)11-7-10(8-13)4-5-14-11/h4-5,7,9H,3,6H2,1-2H3,(H,16,17). The average Bonchev–Trinajstić information content (AvgIpc) is 2.29. The summed E-state index contributed by atoms with van der Waals surface area (Å²) in [4.78, 5) is 16.7. The number of carboxylic acids is 1. The number of aromatic nitrogens is 1. The largest absolute Gasteiger partial charge is 0.481 e. The fraction of sp³-hybridized carbons (Fsp3) is 0.417. The molecule has 1 rings (SSSR count). The summed E-state index contributed by atoms with van der Waals surface area (Å²) in [5.41, 5.74) is 0.524. The normalized spacial score (nSPS) is 11.6. The summed E-state index contributed by atoms with van der Waals surface area (Å²) >= 11 is 0. The zero-order chi connectivity index (χ0) is 12.8. The van der Waals surface area contributed by atoms with E-state index >= 15 is 0 Å². The van der Waals surface area contributed by atoms with Gasteiger partial charge in [-0.15, -0.1) is 0 Å². The number of rotatable bonds is 5. The van der Waals surface area contributed by atoms with Crippen LogP contribution in [0, 0.1) is 11.3 Å². The van der Waals surface area contributed by atoms with E-state index in [4.69, 9.17) is 10.4 Å². The number of hydrogen-bond donors (Lipinski definition) is 1. The molecule has 0 amide bonds. The van der Waals surface area contributed by atoms with Crippen molar-refractivity contribution in [2.24, 2.45) is 0 Å². The maximum Gasteiger partial charge on any atom is 0.305 e. The molecule has 1 atom stereocenters. The van der Waals surface area contributed by atoms with E-state index in [1.807, 2.05) is 24.8 Å². The third-order valence-electron chi connectivity index (χ3n) is 2.51. The zero-order valence-electron chi connectivity index (χ0n) is 9.92. The van der Waals surface area contributed by atoms with Gasteiger partial charge in [0.15, 0.2) is 0 Å². The van der Waals surface area contributed by atoms with E-state index in [9.17, 15) is 4.79 Å². The third-order valence-corrected chi connectivity index (χ3v) is 2.51. The smallest absolute Gasteiger partial charge is 0.305 e. The summed E-state index contributed by atoms with van der Waals surface area (Å²) in [6.07, 6.45) is 1.61. The van der Waals surface area contributed by atoms with Crippen LogP contribution in [0.15, 0.2) is 18.3 Å². The second-order valence-corrected chi connectivity index (χ2v) is 3.75. The van der Waals surface area contributed by atoms with Gasteiger partial charge in [-0.3, -0.25) is 4.79 Å². The first kappa shape index (κ1) is 13.0. The minimum Gasteiger partial charge on any atom is -0.481 e. The van der Waals surface area contributed by atoms with Gasteiger partial charge in [-0.25, -0.2) is 4.98 Å². The molecule has 0 aliphatic rings. The fourth-order valence-electron chi connectivity index (χ4n) is 1.71. The highest BCUT2D eigenvalue weighted by atomic mass is 16.4. The molecule has 1 unspecified atom stereocenters. The second-order valence-electron chi connectivity index (χ2n) is 3.75. The summed E-state index contributed by atoms with van der Waals surface area (Å²) in [5.74, 6) is -0.201. The van der Waals surface area contributed by atoms with Crippen molar-refractivity contribution in [1.82, 2.24) is 4.98 Å². The van der Waals surface area contributed by atoms with Gasteiger partial charge >= 0.3 is 5.97 Å². The first-order valence-electron chi connectivity index (χ1n) is 5.43. The van der Waals surface area contributed by atoms with Crippen molar-refractivity contribution >= 4 is 11.8 Å². The lowest BCUT2D eigenvalue weighted by atomic mass is 10.2. The number of carbonyl (C=O) groups is 1. The van der Waals surface area contributed by atoms with Crippen LogP contribution < -0.4 is 4.90 Å². The van der Waals surface area contributed by atoms with Gasteiger partial charge in [-0.2, -0.15) is 5.26 Å². The highest BCUT2D eigenvalue weighted by Crippen LogP contribution is 2.16. The zero-order valence-corrected chi connectivity index (χ0v) is 9.92. The maximum absolute atomic E-state index is 10.7.